The van der Waals surface area contributed by atoms with Gasteiger partial charge in [0.15, 0.2) is 0 Å². The van der Waals surface area contributed by atoms with Crippen molar-refractivity contribution >= 4 is 5.97 Å². The molecule has 1 unspecified atom stereocenters. The molecule has 98 valence electrons. The summed E-state index contributed by atoms with van der Waals surface area (Å²) in [5, 5.41) is 9.67. The van der Waals surface area contributed by atoms with Crippen molar-refractivity contribution in [2.75, 3.05) is 13.1 Å². The molecule has 0 aromatic heterocycles. The summed E-state index contributed by atoms with van der Waals surface area (Å²) in [7, 11) is 0. The predicted molar refractivity (Wildman–Crippen MR) is 66.9 cm³/mol. The lowest BCUT2D eigenvalue weighted by Crippen LogP contribution is -2.59. The van der Waals surface area contributed by atoms with E-state index in [9.17, 15) is 9.90 Å². The van der Waals surface area contributed by atoms with Gasteiger partial charge in [0.2, 0.25) is 0 Å². The predicted octanol–water partition coefficient (Wildman–Crippen LogP) is 1.59. The van der Waals surface area contributed by atoms with Crippen LogP contribution in [0.5, 0.6) is 0 Å². The zero-order chi connectivity index (χ0) is 12.3. The summed E-state index contributed by atoms with van der Waals surface area (Å²) < 4.78 is 0. The van der Waals surface area contributed by atoms with Crippen molar-refractivity contribution in [3.8, 4) is 0 Å². The second-order valence-corrected chi connectivity index (χ2v) is 5.60. The fourth-order valence-corrected chi connectivity index (χ4v) is 3.38. The number of carbonyl (C=O) groups is 1. The monoisotopic (exact) mass is 240 g/mol. The first-order chi connectivity index (χ1) is 8.15. The summed E-state index contributed by atoms with van der Waals surface area (Å²) in [6.45, 7) is 1.66. The Labute approximate surface area is 103 Å². The quantitative estimate of drug-likeness (QED) is 0.719. The highest BCUT2D eigenvalue weighted by Crippen LogP contribution is 2.34. The van der Waals surface area contributed by atoms with E-state index in [1.807, 2.05) is 0 Å². The van der Waals surface area contributed by atoms with Crippen LogP contribution in [0.15, 0.2) is 0 Å². The van der Waals surface area contributed by atoms with E-state index in [2.05, 4.69) is 4.90 Å². The topological polar surface area (TPSA) is 66.6 Å². The Kier molecular flexibility index (Phi) is 4.05. The largest absolute Gasteiger partial charge is 0.480 e. The van der Waals surface area contributed by atoms with Crippen molar-refractivity contribution in [1.29, 1.82) is 0 Å². The van der Waals surface area contributed by atoms with Gasteiger partial charge in [0.05, 0.1) is 0 Å². The number of hydrogen-bond acceptors (Lipinski definition) is 3. The van der Waals surface area contributed by atoms with E-state index in [0.29, 0.717) is 0 Å². The minimum Gasteiger partial charge on any atom is -0.480 e. The Bertz CT molecular complexity index is 273. The maximum Gasteiger partial charge on any atom is 0.324 e. The lowest BCUT2D eigenvalue weighted by atomic mass is 9.86. The molecule has 4 nitrogen and oxygen atoms in total. The molecule has 0 amide bonds. The number of aliphatic carboxylic acids is 1. The molecule has 1 aliphatic carbocycles. The summed E-state index contributed by atoms with van der Waals surface area (Å²) in [5.41, 5.74) is 5.38. The molecule has 2 aliphatic rings. The molecule has 0 bridgehead atoms. The number of carboxylic acid groups (broad SMARTS) is 1. The average molecular weight is 240 g/mol. The first-order valence-corrected chi connectivity index (χ1v) is 6.89. The molecule has 2 fully saturated rings. The lowest BCUT2D eigenvalue weighted by molar-refractivity contribution is -0.154. The standard InChI is InChI=1S/C13H24N2O2/c14-11-6-5-9-15(10-11)13(12(16)17)7-3-1-2-4-8-13/h11H,1-10,14H2,(H,16,17). The first kappa shape index (κ1) is 12.8. The summed E-state index contributed by atoms with van der Waals surface area (Å²) in [6, 6.07) is 0.156. The van der Waals surface area contributed by atoms with Gasteiger partial charge in [0.1, 0.15) is 5.54 Å². The molecule has 1 saturated heterocycles. The van der Waals surface area contributed by atoms with Gasteiger partial charge < -0.3 is 10.8 Å². The SMILES string of the molecule is NC1CCCN(C2(C(=O)O)CCCCCC2)C1. The zero-order valence-electron chi connectivity index (χ0n) is 10.5. The lowest BCUT2D eigenvalue weighted by Gasteiger charge is -2.44. The van der Waals surface area contributed by atoms with Gasteiger partial charge in [-0.25, -0.2) is 0 Å². The maximum absolute atomic E-state index is 11.8. The van der Waals surface area contributed by atoms with Crippen molar-refractivity contribution in [2.24, 2.45) is 5.73 Å². The smallest absolute Gasteiger partial charge is 0.324 e. The van der Waals surface area contributed by atoms with Crippen LogP contribution in [-0.4, -0.2) is 40.6 Å². The number of piperidine rings is 1. The highest BCUT2D eigenvalue weighted by Gasteiger charge is 2.45. The van der Waals surface area contributed by atoms with Gasteiger partial charge in [-0.3, -0.25) is 9.69 Å². The second-order valence-electron chi connectivity index (χ2n) is 5.60. The Morgan fingerprint density at radius 2 is 1.82 bits per heavy atom. The molecular formula is C13H24N2O2. The Hall–Kier alpha value is -0.610. The number of nitrogens with two attached hydrogens (primary N) is 1. The Morgan fingerprint density at radius 3 is 2.35 bits per heavy atom. The van der Waals surface area contributed by atoms with Crippen LogP contribution in [0, 0.1) is 0 Å². The van der Waals surface area contributed by atoms with E-state index in [-0.39, 0.29) is 6.04 Å². The van der Waals surface area contributed by atoms with Crippen LogP contribution in [0.4, 0.5) is 0 Å². The van der Waals surface area contributed by atoms with Crippen molar-refractivity contribution in [3.05, 3.63) is 0 Å². The first-order valence-electron chi connectivity index (χ1n) is 6.89. The van der Waals surface area contributed by atoms with E-state index in [1.54, 1.807) is 0 Å². The van der Waals surface area contributed by atoms with Gasteiger partial charge in [0.25, 0.3) is 0 Å². The summed E-state index contributed by atoms with van der Waals surface area (Å²) in [4.78, 5) is 13.9. The molecule has 1 aliphatic heterocycles. The van der Waals surface area contributed by atoms with Crippen molar-refractivity contribution in [2.45, 2.75) is 62.9 Å². The van der Waals surface area contributed by atoms with E-state index in [4.69, 9.17) is 5.73 Å². The Morgan fingerprint density at radius 1 is 1.18 bits per heavy atom. The normalized spacial score (nSPS) is 30.8. The average Bonchev–Trinajstić information content (AvgIpc) is 2.55. The van der Waals surface area contributed by atoms with Crippen molar-refractivity contribution in [3.63, 3.8) is 0 Å². The van der Waals surface area contributed by atoms with Crippen LogP contribution in [-0.2, 0) is 4.79 Å². The third kappa shape index (κ3) is 2.63. The number of carboxylic acids is 1. The highest BCUT2D eigenvalue weighted by molar-refractivity contribution is 5.78. The second kappa shape index (κ2) is 5.36. The molecule has 0 aromatic carbocycles. The molecule has 1 heterocycles. The number of rotatable bonds is 2. The van der Waals surface area contributed by atoms with Gasteiger partial charge in [-0.2, -0.15) is 0 Å². The molecule has 17 heavy (non-hydrogen) atoms. The van der Waals surface area contributed by atoms with Gasteiger partial charge in [-0.05, 0) is 32.2 Å². The van der Waals surface area contributed by atoms with E-state index < -0.39 is 11.5 Å². The van der Waals surface area contributed by atoms with Gasteiger partial charge >= 0.3 is 5.97 Å². The van der Waals surface area contributed by atoms with Gasteiger partial charge in [0, 0.05) is 12.6 Å². The van der Waals surface area contributed by atoms with Crippen LogP contribution in [0.3, 0.4) is 0 Å². The van der Waals surface area contributed by atoms with E-state index in [1.165, 1.54) is 12.8 Å². The number of likely N-dealkylation sites (tertiary alicyclic amines) is 1. The highest BCUT2D eigenvalue weighted by atomic mass is 16.4. The molecule has 0 radical (unpaired) electrons. The third-order valence-corrected chi connectivity index (χ3v) is 4.39. The van der Waals surface area contributed by atoms with Crippen LogP contribution >= 0.6 is 0 Å². The van der Waals surface area contributed by atoms with Crippen LogP contribution in [0.25, 0.3) is 0 Å². The maximum atomic E-state index is 11.8. The molecule has 1 saturated carbocycles. The number of nitrogens with zero attached hydrogens (tertiary/aromatic N) is 1. The van der Waals surface area contributed by atoms with Crippen LogP contribution < -0.4 is 5.73 Å². The van der Waals surface area contributed by atoms with Gasteiger partial charge in [-0.1, -0.05) is 25.7 Å². The summed E-state index contributed by atoms with van der Waals surface area (Å²) >= 11 is 0. The molecule has 2 rings (SSSR count). The Balaban J connectivity index is 2.16. The molecule has 0 aromatic rings. The number of hydrogen-bond donors (Lipinski definition) is 2. The molecule has 3 N–H and O–H groups in total. The van der Waals surface area contributed by atoms with Crippen LogP contribution in [0.1, 0.15) is 51.4 Å². The fourth-order valence-electron chi connectivity index (χ4n) is 3.38. The van der Waals surface area contributed by atoms with Crippen molar-refractivity contribution < 1.29 is 9.90 Å². The summed E-state index contributed by atoms with van der Waals surface area (Å²) in [5.74, 6) is -0.631. The molecular weight excluding hydrogens is 216 g/mol. The van der Waals surface area contributed by atoms with Crippen LogP contribution in [0.2, 0.25) is 0 Å². The zero-order valence-corrected chi connectivity index (χ0v) is 10.5. The minimum atomic E-state index is -0.631. The van der Waals surface area contributed by atoms with E-state index in [0.717, 1.165) is 51.6 Å². The summed E-state index contributed by atoms with van der Waals surface area (Å²) in [6.07, 6.45) is 8.10. The third-order valence-electron chi connectivity index (χ3n) is 4.39. The fraction of sp³-hybridized carbons (Fsp3) is 0.923. The molecule has 1 atom stereocenters. The van der Waals surface area contributed by atoms with E-state index >= 15 is 0 Å². The minimum absolute atomic E-state index is 0.156. The van der Waals surface area contributed by atoms with Crippen molar-refractivity contribution in [1.82, 2.24) is 4.90 Å². The molecule has 0 spiro atoms. The van der Waals surface area contributed by atoms with Gasteiger partial charge in [-0.15, -0.1) is 0 Å². The molecule has 4 heteroatoms.